The molecule has 1 heterocycles. The van der Waals surface area contributed by atoms with Gasteiger partial charge in [0.15, 0.2) is 5.75 Å². The number of benzene rings is 2. The molecular formula is C20H20ClN3O4S. The number of carbonyl (C=O) groups is 1. The summed E-state index contributed by atoms with van der Waals surface area (Å²) in [7, 11) is 4.62. The van der Waals surface area contributed by atoms with E-state index >= 15 is 0 Å². The molecule has 152 valence electrons. The van der Waals surface area contributed by atoms with Crippen LogP contribution in [0.2, 0.25) is 5.02 Å². The predicted molar refractivity (Wildman–Crippen MR) is 112 cm³/mol. The van der Waals surface area contributed by atoms with Crippen molar-refractivity contribution in [2.75, 3.05) is 21.3 Å². The Morgan fingerprint density at radius 2 is 1.93 bits per heavy atom. The molecule has 1 N–H and O–H groups in total. The average molecular weight is 434 g/mol. The Bertz CT molecular complexity index is 996. The maximum Gasteiger partial charge on any atom is 0.261 e. The monoisotopic (exact) mass is 433 g/mol. The van der Waals surface area contributed by atoms with Crippen molar-refractivity contribution in [3.8, 4) is 17.2 Å². The van der Waals surface area contributed by atoms with E-state index in [1.807, 2.05) is 18.3 Å². The summed E-state index contributed by atoms with van der Waals surface area (Å²) in [5.74, 6) is 1.30. The Kier molecular flexibility index (Phi) is 6.90. The molecule has 0 saturated carbocycles. The second-order valence-electron chi connectivity index (χ2n) is 5.88. The van der Waals surface area contributed by atoms with Crippen molar-refractivity contribution in [3.05, 3.63) is 64.9 Å². The quantitative estimate of drug-likeness (QED) is 0.540. The number of nitrogens with zero attached hydrogens (tertiary/aromatic N) is 2. The van der Waals surface area contributed by atoms with E-state index in [0.717, 1.165) is 17.5 Å². The highest BCUT2D eigenvalue weighted by Gasteiger charge is 2.17. The Labute approximate surface area is 178 Å². The summed E-state index contributed by atoms with van der Waals surface area (Å²) >= 11 is 7.25. The number of aromatic nitrogens is 2. The third-order valence-corrected chi connectivity index (χ3v) is 5.31. The molecule has 7 nitrogen and oxygen atoms in total. The van der Waals surface area contributed by atoms with E-state index in [1.165, 1.54) is 14.2 Å². The van der Waals surface area contributed by atoms with Crippen LogP contribution in [0.1, 0.15) is 15.9 Å². The van der Waals surface area contributed by atoms with Crippen molar-refractivity contribution in [1.82, 2.24) is 14.5 Å². The van der Waals surface area contributed by atoms with Gasteiger partial charge >= 0.3 is 0 Å². The van der Waals surface area contributed by atoms with Crippen LogP contribution >= 0.6 is 23.5 Å². The maximum atomic E-state index is 12.7. The minimum Gasteiger partial charge on any atom is -0.496 e. The lowest BCUT2D eigenvalue weighted by Crippen LogP contribution is -2.16. The number of rotatable bonds is 8. The normalized spacial score (nSPS) is 10.5. The first-order valence-electron chi connectivity index (χ1n) is 8.59. The van der Waals surface area contributed by atoms with E-state index < -0.39 is 0 Å². The molecule has 0 spiro atoms. The molecule has 3 rings (SSSR count). The van der Waals surface area contributed by atoms with E-state index in [1.54, 1.807) is 42.3 Å². The average Bonchev–Trinajstić information content (AvgIpc) is 3.25. The number of carbonyl (C=O) groups excluding carboxylic acids is 1. The van der Waals surface area contributed by atoms with Gasteiger partial charge in [-0.15, -0.1) is 0 Å². The van der Waals surface area contributed by atoms with Crippen LogP contribution in [0.25, 0.3) is 0 Å². The van der Waals surface area contributed by atoms with Gasteiger partial charge in [-0.25, -0.2) is 0 Å². The van der Waals surface area contributed by atoms with Gasteiger partial charge in [-0.05, 0) is 42.3 Å². The van der Waals surface area contributed by atoms with Crippen LogP contribution in [0, 0.1) is 0 Å². The van der Waals surface area contributed by atoms with E-state index in [9.17, 15) is 4.79 Å². The minimum atomic E-state index is -0.289. The third-order valence-electron chi connectivity index (χ3n) is 4.14. The Morgan fingerprint density at radius 1 is 1.14 bits per heavy atom. The van der Waals surface area contributed by atoms with Crippen molar-refractivity contribution in [3.63, 3.8) is 0 Å². The summed E-state index contributed by atoms with van der Waals surface area (Å²) in [6.45, 7) is 0.545. The Morgan fingerprint density at radius 3 is 2.59 bits per heavy atom. The first-order chi connectivity index (χ1) is 14.1. The zero-order valence-electron chi connectivity index (χ0n) is 16.1. The smallest absolute Gasteiger partial charge is 0.261 e. The molecule has 0 fully saturated rings. The standard InChI is InChI=1S/C20H20ClN3O4S/c1-26-16-8-7-15(21)18(28-3)19(16)29-23-20(25)13-5-6-14(17(11-13)27-2)12-24-10-4-9-22-24/h4-11H,12H2,1-3H3,(H,23,25). The molecule has 0 radical (unpaired) electrons. The number of halogens is 1. The van der Waals surface area contributed by atoms with Crippen molar-refractivity contribution in [2.24, 2.45) is 0 Å². The van der Waals surface area contributed by atoms with Crippen LogP contribution in [-0.2, 0) is 6.54 Å². The van der Waals surface area contributed by atoms with Crippen LogP contribution in [0.4, 0.5) is 0 Å². The highest BCUT2D eigenvalue weighted by molar-refractivity contribution is 7.98. The molecule has 0 unspecified atom stereocenters. The predicted octanol–water partition coefficient (Wildman–Crippen LogP) is 4.05. The molecule has 0 bridgehead atoms. The number of nitrogens with one attached hydrogen (secondary N) is 1. The fourth-order valence-corrected chi connectivity index (χ4v) is 3.85. The minimum absolute atomic E-state index is 0.289. The number of methoxy groups -OCH3 is 3. The number of hydrogen-bond donors (Lipinski definition) is 1. The first-order valence-corrected chi connectivity index (χ1v) is 9.78. The molecule has 0 atom stereocenters. The molecule has 0 saturated heterocycles. The largest absolute Gasteiger partial charge is 0.496 e. The van der Waals surface area contributed by atoms with Gasteiger partial charge in [-0.3, -0.25) is 14.2 Å². The first kappa shape index (κ1) is 20.9. The highest BCUT2D eigenvalue weighted by atomic mass is 35.5. The lowest BCUT2D eigenvalue weighted by Gasteiger charge is -2.14. The summed E-state index contributed by atoms with van der Waals surface area (Å²) in [6.07, 6.45) is 3.58. The van der Waals surface area contributed by atoms with Crippen molar-refractivity contribution < 1.29 is 19.0 Å². The lowest BCUT2D eigenvalue weighted by atomic mass is 10.1. The summed E-state index contributed by atoms with van der Waals surface area (Å²) in [5.41, 5.74) is 1.37. The molecule has 1 aromatic heterocycles. The van der Waals surface area contributed by atoms with Gasteiger partial charge in [-0.2, -0.15) is 5.10 Å². The van der Waals surface area contributed by atoms with E-state index in [4.69, 9.17) is 25.8 Å². The van der Waals surface area contributed by atoms with Crippen molar-refractivity contribution in [2.45, 2.75) is 11.4 Å². The van der Waals surface area contributed by atoms with Gasteiger partial charge in [0.2, 0.25) is 0 Å². The molecule has 0 aliphatic rings. The summed E-state index contributed by atoms with van der Waals surface area (Å²) in [5, 5.41) is 4.62. The molecular weight excluding hydrogens is 414 g/mol. The van der Waals surface area contributed by atoms with Gasteiger partial charge < -0.3 is 14.2 Å². The molecule has 2 aromatic carbocycles. The molecule has 29 heavy (non-hydrogen) atoms. The maximum absolute atomic E-state index is 12.7. The molecule has 0 aliphatic heterocycles. The molecule has 0 aliphatic carbocycles. The second-order valence-corrected chi connectivity index (χ2v) is 7.10. The molecule has 9 heteroatoms. The third kappa shape index (κ3) is 4.78. The molecule has 3 aromatic rings. The lowest BCUT2D eigenvalue weighted by molar-refractivity contribution is 0.0984. The van der Waals surface area contributed by atoms with Crippen LogP contribution in [-0.4, -0.2) is 37.0 Å². The van der Waals surface area contributed by atoms with Gasteiger partial charge in [0.25, 0.3) is 5.91 Å². The summed E-state index contributed by atoms with van der Waals surface area (Å²) in [4.78, 5) is 13.3. The topological polar surface area (TPSA) is 74.6 Å². The fraction of sp³-hybridized carbons (Fsp3) is 0.200. The van der Waals surface area contributed by atoms with Crippen molar-refractivity contribution >= 4 is 29.5 Å². The second kappa shape index (κ2) is 9.58. The summed E-state index contributed by atoms with van der Waals surface area (Å²) in [6, 6.07) is 10.5. The van der Waals surface area contributed by atoms with Crippen LogP contribution in [0.3, 0.4) is 0 Å². The van der Waals surface area contributed by atoms with Gasteiger partial charge in [0.1, 0.15) is 16.4 Å². The van der Waals surface area contributed by atoms with Crippen LogP contribution < -0.4 is 18.9 Å². The van der Waals surface area contributed by atoms with E-state index in [-0.39, 0.29) is 5.91 Å². The number of amides is 1. The van der Waals surface area contributed by atoms with Crippen LogP contribution in [0.15, 0.2) is 53.7 Å². The van der Waals surface area contributed by atoms with Crippen molar-refractivity contribution in [1.29, 1.82) is 0 Å². The van der Waals surface area contributed by atoms with Gasteiger partial charge in [-0.1, -0.05) is 17.7 Å². The van der Waals surface area contributed by atoms with E-state index in [2.05, 4.69) is 9.82 Å². The Balaban J connectivity index is 1.77. The fourth-order valence-electron chi connectivity index (χ4n) is 2.71. The van der Waals surface area contributed by atoms with Crippen LogP contribution in [0.5, 0.6) is 17.2 Å². The SMILES string of the molecule is COc1cc(C(=O)NSc2c(OC)ccc(Cl)c2OC)ccc1Cn1cccn1. The van der Waals surface area contributed by atoms with E-state index in [0.29, 0.717) is 39.3 Å². The zero-order valence-corrected chi connectivity index (χ0v) is 17.7. The summed E-state index contributed by atoms with van der Waals surface area (Å²) < 4.78 is 20.7. The Hall–Kier alpha value is -2.84. The zero-order chi connectivity index (χ0) is 20.8. The molecule has 1 amide bonds. The number of ether oxygens (including phenoxy) is 3. The van der Waals surface area contributed by atoms with Gasteiger partial charge in [0, 0.05) is 23.5 Å². The van der Waals surface area contributed by atoms with Gasteiger partial charge in [0.05, 0.1) is 32.9 Å². The highest BCUT2D eigenvalue weighted by Crippen LogP contribution is 2.41. The number of hydrogen-bond acceptors (Lipinski definition) is 6.